The van der Waals surface area contributed by atoms with Crippen LogP contribution in [0.1, 0.15) is 24.8 Å². The highest BCUT2D eigenvalue weighted by molar-refractivity contribution is 5.27. The van der Waals surface area contributed by atoms with Gasteiger partial charge in [0.2, 0.25) is 0 Å². The third kappa shape index (κ3) is 3.24. The van der Waals surface area contributed by atoms with E-state index >= 15 is 0 Å². The van der Waals surface area contributed by atoms with Crippen molar-refractivity contribution in [2.75, 3.05) is 20.1 Å². The number of likely N-dealkylation sites (tertiary alicyclic amines) is 1. The molecule has 1 saturated heterocycles. The maximum Gasteiger partial charge on any atom is 0.115 e. The Labute approximate surface area is 97.9 Å². The number of benzene rings is 1. The summed E-state index contributed by atoms with van der Waals surface area (Å²) in [7, 11) is 2.20. The molecule has 1 aromatic rings. The Hall–Kier alpha value is -1.02. The fourth-order valence-corrected chi connectivity index (χ4v) is 2.43. The maximum atomic E-state index is 9.38. The van der Waals surface area contributed by atoms with E-state index in [0.717, 1.165) is 12.3 Å². The van der Waals surface area contributed by atoms with Crippen LogP contribution in [-0.4, -0.2) is 30.1 Å². The van der Waals surface area contributed by atoms with Crippen molar-refractivity contribution in [2.45, 2.75) is 25.7 Å². The van der Waals surface area contributed by atoms with Crippen molar-refractivity contribution in [2.24, 2.45) is 5.92 Å². The first kappa shape index (κ1) is 11.5. The molecule has 0 amide bonds. The molecule has 2 heteroatoms. The standard InChI is InChI=1S/C14H21NO/c1-15-9-7-12(8-10-15)5-6-13-3-2-4-14(16)11-13/h2-4,11-12,16H,5-10H2,1H3. The average Bonchev–Trinajstić information content (AvgIpc) is 2.28. The molecule has 1 N–H and O–H groups in total. The number of hydrogen-bond acceptors (Lipinski definition) is 2. The van der Waals surface area contributed by atoms with Crippen LogP contribution < -0.4 is 0 Å². The number of aromatic hydroxyl groups is 1. The highest BCUT2D eigenvalue weighted by atomic mass is 16.3. The summed E-state index contributed by atoms with van der Waals surface area (Å²) in [4.78, 5) is 2.41. The maximum absolute atomic E-state index is 9.38. The SMILES string of the molecule is CN1CCC(CCc2cccc(O)c2)CC1. The summed E-state index contributed by atoms with van der Waals surface area (Å²) in [6, 6.07) is 7.65. The second-order valence-electron chi connectivity index (χ2n) is 4.96. The fraction of sp³-hybridized carbons (Fsp3) is 0.571. The zero-order chi connectivity index (χ0) is 11.4. The number of phenols is 1. The summed E-state index contributed by atoms with van der Waals surface area (Å²) in [6.45, 7) is 2.48. The molecule has 16 heavy (non-hydrogen) atoms. The molecule has 0 bridgehead atoms. The molecule has 0 aliphatic carbocycles. The Balaban J connectivity index is 1.79. The molecule has 0 spiro atoms. The van der Waals surface area contributed by atoms with E-state index in [0.29, 0.717) is 5.75 Å². The van der Waals surface area contributed by atoms with E-state index < -0.39 is 0 Å². The Morgan fingerprint density at radius 3 is 2.75 bits per heavy atom. The number of piperidine rings is 1. The molecule has 1 aliphatic heterocycles. The Bertz CT molecular complexity index is 329. The smallest absolute Gasteiger partial charge is 0.115 e. The fourth-order valence-electron chi connectivity index (χ4n) is 2.43. The van der Waals surface area contributed by atoms with Gasteiger partial charge in [0, 0.05) is 0 Å². The van der Waals surface area contributed by atoms with Crippen LogP contribution in [0.25, 0.3) is 0 Å². The van der Waals surface area contributed by atoms with Crippen molar-refractivity contribution in [1.29, 1.82) is 0 Å². The van der Waals surface area contributed by atoms with Gasteiger partial charge in [-0.25, -0.2) is 0 Å². The van der Waals surface area contributed by atoms with Crippen LogP contribution >= 0.6 is 0 Å². The molecule has 2 nitrogen and oxygen atoms in total. The van der Waals surface area contributed by atoms with Crippen molar-refractivity contribution in [1.82, 2.24) is 4.90 Å². The van der Waals surface area contributed by atoms with Crippen LogP contribution in [0, 0.1) is 5.92 Å². The van der Waals surface area contributed by atoms with Crippen LogP contribution in [0.5, 0.6) is 5.75 Å². The molecule has 0 unspecified atom stereocenters. The van der Waals surface area contributed by atoms with Gasteiger partial charge in [0.05, 0.1) is 0 Å². The number of phenolic OH excluding ortho intramolecular Hbond substituents is 1. The van der Waals surface area contributed by atoms with Crippen molar-refractivity contribution in [3.05, 3.63) is 29.8 Å². The summed E-state index contributed by atoms with van der Waals surface area (Å²) < 4.78 is 0. The van der Waals surface area contributed by atoms with E-state index in [1.54, 1.807) is 6.07 Å². The third-order valence-electron chi connectivity index (χ3n) is 3.59. The van der Waals surface area contributed by atoms with Gasteiger partial charge in [-0.1, -0.05) is 12.1 Å². The zero-order valence-corrected chi connectivity index (χ0v) is 10.0. The topological polar surface area (TPSA) is 23.5 Å². The van der Waals surface area contributed by atoms with Crippen molar-refractivity contribution < 1.29 is 5.11 Å². The predicted octanol–water partition coefficient (Wildman–Crippen LogP) is 2.67. The molecule has 0 atom stereocenters. The van der Waals surface area contributed by atoms with E-state index in [-0.39, 0.29) is 0 Å². The van der Waals surface area contributed by atoms with Gasteiger partial charge in [-0.2, -0.15) is 0 Å². The summed E-state index contributed by atoms with van der Waals surface area (Å²) in [6.07, 6.45) is 5.02. The summed E-state index contributed by atoms with van der Waals surface area (Å²) >= 11 is 0. The summed E-state index contributed by atoms with van der Waals surface area (Å²) in [5, 5.41) is 9.38. The van der Waals surface area contributed by atoms with Crippen LogP contribution in [0.2, 0.25) is 0 Å². The van der Waals surface area contributed by atoms with Crippen LogP contribution in [0.4, 0.5) is 0 Å². The minimum atomic E-state index is 0.390. The lowest BCUT2D eigenvalue weighted by Gasteiger charge is -2.28. The second kappa shape index (κ2) is 5.35. The first-order chi connectivity index (χ1) is 7.74. The first-order valence-corrected chi connectivity index (χ1v) is 6.20. The van der Waals surface area contributed by atoms with Gasteiger partial charge >= 0.3 is 0 Å². The van der Waals surface area contributed by atoms with Crippen molar-refractivity contribution >= 4 is 0 Å². The van der Waals surface area contributed by atoms with E-state index in [2.05, 4.69) is 18.0 Å². The number of rotatable bonds is 3. The molecule has 1 aromatic carbocycles. The van der Waals surface area contributed by atoms with E-state index in [1.807, 2.05) is 12.1 Å². The Kier molecular flexibility index (Phi) is 3.83. The van der Waals surface area contributed by atoms with Gasteiger partial charge in [0.1, 0.15) is 5.75 Å². The average molecular weight is 219 g/mol. The van der Waals surface area contributed by atoms with E-state index in [1.165, 1.54) is 37.9 Å². The molecule has 0 radical (unpaired) electrons. The number of nitrogens with zero attached hydrogens (tertiary/aromatic N) is 1. The quantitative estimate of drug-likeness (QED) is 0.845. The zero-order valence-electron chi connectivity index (χ0n) is 10.0. The molecule has 0 aromatic heterocycles. The highest BCUT2D eigenvalue weighted by Gasteiger charge is 2.16. The monoisotopic (exact) mass is 219 g/mol. The van der Waals surface area contributed by atoms with E-state index in [9.17, 15) is 5.11 Å². The molecule has 1 aliphatic rings. The third-order valence-corrected chi connectivity index (χ3v) is 3.59. The van der Waals surface area contributed by atoms with Crippen molar-refractivity contribution in [3.63, 3.8) is 0 Å². The lowest BCUT2D eigenvalue weighted by Crippen LogP contribution is -2.30. The molecular formula is C14H21NO. The largest absolute Gasteiger partial charge is 0.508 e. The predicted molar refractivity (Wildman–Crippen MR) is 66.6 cm³/mol. The van der Waals surface area contributed by atoms with Crippen molar-refractivity contribution in [3.8, 4) is 5.75 Å². The Morgan fingerprint density at radius 1 is 1.31 bits per heavy atom. The van der Waals surface area contributed by atoms with Gasteiger partial charge in [-0.05, 0) is 69.4 Å². The van der Waals surface area contributed by atoms with Gasteiger partial charge in [-0.3, -0.25) is 0 Å². The van der Waals surface area contributed by atoms with Gasteiger partial charge in [-0.15, -0.1) is 0 Å². The minimum Gasteiger partial charge on any atom is -0.508 e. The highest BCUT2D eigenvalue weighted by Crippen LogP contribution is 2.22. The normalized spacial score (nSPS) is 18.8. The Morgan fingerprint density at radius 2 is 2.06 bits per heavy atom. The van der Waals surface area contributed by atoms with Crippen LogP contribution in [0.15, 0.2) is 24.3 Å². The second-order valence-corrected chi connectivity index (χ2v) is 4.96. The molecule has 88 valence electrons. The molecule has 2 rings (SSSR count). The minimum absolute atomic E-state index is 0.390. The van der Waals surface area contributed by atoms with Gasteiger partial charge in [0.15, 0.2) is 0 Å². The molecule has 1 heterocycles. The van der Waals surface area contributed by atoms with E-state index in [4.69, 9.17) is 0 Å². The first-order valence-electron chi connectivity index (χ1n) is 6.20. The van der Waals surface area contributed by atoms with Gasteiger partial charge in [0.25, 0.3) is 0 Å². The number of aryl methyl sites for hydroxylation is 1. The van der Waals surface area contributed by atoms with Crippen LogP contribution in [0.3, 0.4) is 0 Å². The number of hydrogen-bond donors (Lipinski definition) is 1. The lowest BCUT2D eigenvalue weighted by atomic mass is 9.91. The molecular weight excluding hydrogens is 198 g/mol. The molecule has 1 fully saturated rings. The lowest BCUT2D eigenvalue weighted by molar-refractivity contribution is 0.212. The van der Waals surface area contributed by atoms with Crippen LogP contribution in [-0.2, 0) is 6.42 Å². The molecule has 0 saturated carbocycles. The summed E-state index contributed by atoms with van der Waals surface area (Å²) in [5.74, 6) is 1.26. The summed E-state index contributed by atoms with van der Waals surface area (Å²) in [5.41, 5.74) is 1.26. The van der Waals surface area contributed by atoms with Gasteiger partial charge < -0.3 is 10.0 Å².